The van der Waals surface area contributed by atoms with Gasteiger partial charge in [-0.15, -0.1) is 11.3 Å². The minimum Gasteiger partial charge on any atom is -0.496 e. The first-order valence-corrected chi connectivity index (χ1v) is 9.28. The molecule has 144 valence electrons. The Kier molecular flexibility index (Phi) is 6.00. The number of aryl methyl sites for hydroxylation is 1. The van der Waals surface area contributed by atoms with Crippen LogP contribution in [0.15, 0.2) is 47.8 Å². The number of thiazole rings is 1. The van der Waals surface area contributed by atoms with E-state index in [9.17, 15) is 14.0 Å². The number of nitrogens with one attached hydrogen (secondary N) is 2. The topological polar surface area (TPSA) is 80.3 Å². The number of carbonyl (C=O) groups excluding carboxylic acids is 2. The summed E-state index contributed by atoms with van der Waals surface area (Å²) in [5, 5.41) is 7.53. The van der Waals surface area contributed by atoms with Crippen LogP contribution in [0.4, 0.5) is 15.2 Å². The molecule has 0 unspecified atom stereocenters. The van der Waals surface area contributed by atoms with E-state index in [0.29, 0.717) is 22.1 Å². The Hall–Kier alpha value is -3.26. The highest BCUT2D eigenvalue weighted by Gasteiger charge is 2.12. The van der Waals surface area contributed by atoms with E-state index in [4.69, 9.17) is 4.74 Å². The molecule has 3 aromatic rings. The maximum Gasteiger partial charge on any atom is 0.257 e. The van der Waals surface area contributed by atoms with Gasteiger partial charge in [-0.25, -0.2) is 9.37 Å². The van der Waals surface area contributed by atoms with Gasteiger partial charge in [-0.2, -0.15) is 0 Å². The van der Waals surface area contributed by atoms with Gasteiger partial charge in [0.15, 0.2) is 5.13 Å². The molecule has 0 fully saturated rings. The monoisotopic (exact) mass is 399 g/mol. The normalized spacial score (nSPS) is 10.4. The van der Waals surface area contributed by atoms with Crippen molar-refractivity contribution in [1.82, 2.24) is 4.98 Å². The lowest BCUT2D eigenvalue weighted by molar-refractivity contribution is -0.115. The molecule has 2 N–H and O–H groups in total. The molecule has 28 heavy (non-hydrogen) atoms. The Bertz CT molecular complexity index is 1000. The average molecular weight is 399 g/mol. The molecule has 0 aliphatic carbocycles. The van der Waals surface area contributed by atoms with Crippen LogP contribution in [0.1, 0.15) is 21.6 Å². The SMILES string of the molecule is COc1ccc(NC(=O)Cc2csc(NC(=O)c3ccc(F)cc3)n2)cc1C. The molecule has 0 atom stereocenters. The minimum absolute atomic E-state index is 0.0774. The molecule has 0 aliphatic heterocycles. The summed E-state index contributed by atoms with van der Waals surface area (Å²) in [6, 6.07) is 10.6. The van der Waals surface area contributed by atoms with Crippen LogP contribution in [0.5, 0.6) is 5.75 Å². The molecule has 0 spiro atoms. The number of ether oxygens (including phenoxy) is 1. The summed E-state index contributed by atoms with van der Waals surface area (Å²) >= 11 is 1.22. The predicted molar refractivity (Wildman–Crippen MR) is 107 cm³/mol. The van der Waals surface area contributed by atoms with Crippen molar-refractivity contribution in [2.45, 2.75) is 13.3 Å². The van der Waals surface area contributed by atoms with E-state index in [-0.39, 0.29) is 18.2 Å². The second-order valence-electron chi connectivity index (χ2n) is 6.01. The Morgan fingerprint density at radius 1 is 1.14 bits per heavy atom. The average Bonchev–Trinajstić information content (AvgIpc) is 3.09. The molecule has 0 bridgehead atoms. The standard InChI is InChI=1S/C20H18FN3O3S/c1-12-9-15(7-8-17(12)27-2)22-18(25)10-16-11-28-20(23-16)24-19(26)13-3-5-14(21)6-4-13/h3-9,11H,10H2,1-2H3,(H,22,25)(H,23,24,26). The van der Waals surface area contributed by atoms with E-state index in [1.54, 1.807) is 24.6 Å². The molecule has 0 saturated carbocycles. The third-order valence-corrected chi connectivity index (χ3v) is 4.71. The number of benzene rings is 2. The number of nitrogens with zero attached hydrogens (tertiary/aromatic N) is 1. The van der Waals surface area contributed by atoms with Crippen molar-refractivity contribution < 1.29 is 18.7 Å². The van der Waals surface area contributed by atoms with Gasteiger partial charge < -0.3 is 10.1 Å². The molecule has 1 heterocycles. The van der Waals surface area contributed by atoms with Gasteiger partial charge in [-0.1, -0.05) is 0 Å². The van der Waals surface area contributed by atoms with Crippen LogP contribution in [0.25, 0.3) is 0 Å². The third kappa shape index (κ3) is 4.92. The van der Waals surface area contributed by atoms with Crippen molar-refractivity contribution in [2.24, 2.45) is 0 Å². The van der Waals surface area contributed by atoms with Crippen LogP contribution in [0, 0.1) is 12.7 Å². The van der Waals surface area contributed by atoms with Crippen LogP contribution in [-0.2, 0) is 11.2 Å². The van der Waals surface area contributed by atoms with Gasteiger partial charge >= 0.3 is 0 Å². The largest absolute Gasteiger partial charge is 0.496 e. The summed E-state index contributed by atoms with van der Waals surface area (Å²) < 4.78 is 18.1. The summed E-state index contributed by atoms with van der Waals surface area (Å²) in [6.07, 6.45) is 0.0774. The minimum atomic E-state index is -0.411. The lowest BCUT2D eigenvalue weighted by Crippen LogP contribution is -2.15. The molecule has 0 saturated heterocycles. The number of carbonyl (C=O) groups is 2. The van der Waals surface area contributed by atoms with Crippen LogP contribution < -0.4 is 15.4 Å². The summed E-state index contributed by atoms with van der Waals surface area (Å²) in [7, 11) is 1.59. The van der Waals surface area contributed by atoms with Crippen molar-refractivity contribution in [1.29, 1.82) is 0 Å². The maximum absolute atomic E-state index is 12.9. The molecular weight excluding hydrogens is 381 g/mol. The van der Waals surface area contributed by atoms with Crippen LogP contribution in [0.3, 0.4) is 0 Å². The predicted octanol–water partition coefficient (Wildman–Crippen LogP) is 4.03. The molecule has 3 rings (SSSR count). The summed E-state index contributed by atoms with van der Waals surface area (Å²) in [6.45, 7) is 1.89. The highest BCUT2D eigenvalue weighted by atomic mass is 32.1. The van der Waals surface area contributed by atoms with Crippen molar-refractivity contribution in [2.75, 3.05) is 17.7 Å². The second-order valence-corrected chi connectivity index (χ2v) is 6.87. The van der Waals surface area contributed by atoms with Crippen LogP contribution in [-0.4, -0.2) is 23.9 Å². The first-order valence-electron chi connectivity index (χ1n) is 8.40. The van der Waals surface area contributed by atoms with E-state index in [1.807, 2.05) is 13.0 Å². The lowest BCUT2D eigenvalue weighted by Gasteiger charge is -2.08. The fraction of sp³-hybridized carbons (Fsp3) is 0.150. The number of rotatable bonds is 6. The third-order valence-electron chi connectivity index (χ3n) is 3.90. The molecule has 2 aromatic carbocycles. The van der Waals surface area contributed by atoms with Crippen molar-refractivity contribution >= 4 is 34.0 Å². The van der Waals surface area contributed by atoms with E-state index in [2.05, 4.69) is 15.6 Å². The lowest BCUT2D eigenvalue weighted by atomic mass is 10.2. The zero-order valence-corrected chi connectivity index (χ0v) is 16.1. The van der Waals surface area contributed by atoms with Gasteiger partial charge in [0.2, 0.25) is 5.91 Å². The van der Waals surface area contributed by atoms with E-state index >= 15 is 0 Å². The smallest absolute Gasteiger partial charge is 0.257 e. The van der Waals surface area contributed by atoms with Gasteiger partial charge in [0.1, 0.15) is 11.6 Å². The molecule has 1 aromatic heterocycles. The van der Waals surface area contributed by atoms with Crippen LogP contribution >= 0.6 is 11.3 Å². The van der Waals surface area contributed by atoms with E-state index in [1.165, 1.54) is 35.6 Å². The van der Waals surface area contributed by atoms with Gasteiger partial charge in [-0.3, -0.25) is 14.9 Å². The summed E-state index contributed by atoms with van der Waals surface area (Å²) in [5.41, 5.74) is 2.45. The van der Waals surface area contributed by atoms with Gasteiger partial charge in [0.05, 0.1) is 19.2 Å². The summed E-state index contributed by atoms with van der Waals surface area (Å²) in [4.78, 5) is 28.6. The van der Waals surface area contributed by atoms with Crippen molar-refractivity contribution in [3.63, 3.8) is 0 Å². The molecule has 8 heteroatoms. The summed E-state index contributed by atoms with van der Waals surface area (Å²) in [5.74, 6) is -0.268. The molecule has 0 aliphatic rings. The number of methoxy groups -OCH3 is 1. The number of halogens is 1. The van der Waals surface area contributed by atoms with Gasteiger partial charge in [0, 0.05) is 16.6 Å². The second kappa shape index (κ2) is 8.62. The first kappa shape index (κ1) is 19.5. The number of hydrogen-bond donors (Lipinski definition) is 2. The molecular formula is C20H18FN3O3S. The number of hydrogen-bond acceptors (Lipinski definition) is 5. The van der Waals surface area contributed by atoms with E-state index in [0.717, 1.165) is 11.3 Å². The fourth-order valence-corrected chi connectivity index (χ4v) is 3.25. The number of amides is 2. The van der Waals surface area contributed by atoms with Crippen molar-refractivity contribution in [3.8, 4) is 5.75 Å². The first-order chi connectivity index (χ1) is 13.4. The highest BCUT2D eigenvalue weighted by molar-refractivity contribution is 7.14. The van der Waals surface area contributed by atoms with Crippen molar-refractivity contribution in [3.05, 3.63) is 70.5 Å². The molecule has 0 radical (unpaired) electrons. The Morgan fingerprint density at radius 2 is 1.89 bits per heavy atom. The van der Waals surface area contributed by atoms with Gasteiger partial charge in [-0.05, 0) is 55.0 Å². The number of anilines is 2. The molecule has 2 amide bonds. The fourth-order valence-electron chi connectivity index (χ4n) is 2.54. The zero-order chi connectivity index (χ0) is 20.1. The maximum atomic E-state index is 12.9. The Balaban J connectivity index is 1.58. The molecule has 6 nitrogen and oxygen atoms in total. The van der Waals surface area contributed by atoms with E-state index < -0.39 is 5.82 Å². The zero-order valence-electron chi connectivity index (χ0n) is 15.3. The van der Waals surface area contributed by atoms with Gasteiger partial charge in [0.25, 0.3) is 5.91 Å². The Labute approximate surface area is 165 Å². The quantitative estimate of drug-likeness (QED) is 0.656. The Morgan fingerprint density at radius 3 is 2.57 bits per heavy atom. The highest BCUT2D eigenvalue weighted by Crippen LogP contribution is 2.22. The number of aromatic nitrogens is 1. The van der Waals surface area contributed by atoms with Crippen LogP contribution in [0.2, 0.25) is 0 Å².